The molecule has 0 aliphatic rings. The molecule has 0 spiro atoms. The lowest BCUT2D eigenvalue weighted by atomic mass is 10.1. The third-order valence-electron chi connectivity index (χ3n) is 2.93. The highest BCUT2D eigenvalue weighted by atomic mass is 35.5. The second-order valence-corrected chi connectivity index (χ2v) is 5.75. The van der Waals surface area contributed by atoms with Gasteiger partial charge in [-0.2, -0.15) is 0 Å². The Labute approximate surface area is 126 Å². The van der Waals surface area contributed by atoms with Gasteiger partial charge in [0.2, 0.25) is 0 Å². The second kappa shape index (κ2) is 7.07. The molecule has 1 nitrogen and oxygen atoms in total. The molecular formula is C15H14ClF2NS. The van der Waals surface area contributed by atoms with Gasteiger partial charge in [0.15, 0.2) is 0 Å². The van der Waals surface area contributed by atoms with E-state index in [1.165, 1.54) is 23.9 Å². The molecule has 0 bridgehead atoms. The van der Waals surface area contributed by atoms with Crippen molar-refractivity contribution in [2.45, 2.75) is 10.9 Å². The summed E-state index contributed by atoms with van der Waals surface area (Å²) in [7, 11) is 1.75. The molecule has 5 heteroatoms. The van der Waals surface area contributed by atoms with E-state index >= 15 is 0 Å². The first kappa shape index (κ1) is 15.3. The average Bonchev–Trinajstić information content (AvgIpc) is 2.43. The molecule has 1 unspecified atom stereocenters. The lowest BCUT2D eigenvalue weighted by Gasteiger charge is -2.17. The van der Waals surface area contributed by atoms with Gasteiger partial charge in [-0.1, -0.05) is 29.8 Å². The number of nitrogens with one attached hydrogen (secondary N) is 1. The average molecular weight is 314 g/mol. The lowest BCUT2D eigenvalue weighted by Crippen LogP contribution is -2.20. The summed E-state index contributed by atoms with van der Waals surface area (Å²) in [5.41, 5.74) is 0.528. The van der Waals surface area contributed by atoms with Crippen molar-refractivity contribution < 1.29 is 8.78 Å². The Bertz CT molecular complexity index is 592. The molecule has 0 aliphatic heterocycles. The fourth-order valence-electron chi connectivity index (χ4n) is 1.85. The van der Waals surface area contributed by atoms with Crippen LogP contribution in [0.3, 0.4) is 0 Å². The highest BCUT2D eigenvalue weighted by molar-refractivity contribution is 7.99. The summed E-state index contributed by atoms with van der Waals surface area (Å²) in [5, 5.41) is 3.41. The van der Waals surface area contributed by atoms with Crippen molar-refractivity contribution in [1.29, 1.82) is 0 Å². The Kier molecular flexibility index (Phi) is 5.40. The third kappa shape index (κ3) is 3.72. The molecule has 0 aliphatic carbocycles. The quantitative estimate of drug-likeness (QED) is 0.805. The van der Waals surface area contributed by atoms with Crippen LogP contribution in [0.2, 0.25) is 5.02 Å². The zero-order chi connectivity index (χ0) is 14.5. The van der Waals surface area contributed by atoms with Crippen LogP contribution in [0.1, 0.15) is 11.6 Å². The molecular weight excluding hydrogens is 300 g/mol. The van der Waals surface area contributed by atoms with Gasteiger partial charge < -0.3 is 5.32 Å². The molecule has 0 heterocycles. The fraction of sp³-hybridized carbons (Fsp3) is 0.200. The first-order valence-corrected chi connectivity index (χ1v) is 7.47. The highest BCUT2D eigenvalue weighted by Gasteiger charge is 2.15. The van der Waals surface area contributed by atoms with Crippen molar-refractivity contribution in [3.8, 4) is 0 Å². The van der Waals surface area contributed by atoms with Crippen LogP contribution in [0.4, 0.5) is 8.78 Å². The molecule has 1 atom stereocenters. The van der Waals surface area contributed by atoms with Crippen molar-refractivity contribution in [1.82, 2.24) is 5.32 Å². The van der Waals surface area contributed by atoms with Gasteiger partial charge in [-0.05, 0) is 31.3 Å². The van der Waals surface area contributed by atoms with Crippen LogP contribution in [-0.2, 0) is 0 Å². The molecule has 1 N–H and O–H groups in total. The molecule has 2 aromatic rings. The molecule has 0 saturated carbocycles. The maximum absolute atomic E-state index is 13.9. The third-order valence-corrected chi connectivity index (χ3v) is 4.31. The van der Waals surface area contributed by atoms with Gasteiger partial charge in [-0.3, -0.25) is 0 Å². The van der Waals surface area contributed by atoms with Crippen molar-refractivity contribution >= 4 is 23.4 Å². The lowest BCUT2D eigenvalue weighted by molar-refractivity contribution is 0.565. The van der Waals surface area contributed by atoms with Gasteiger partial charge in [0.1, 0.15) is 11.6 Å². The van der Waals surface area contributed by atoms with Gasteiger partial charge in [0, 0.05) is 27.3 Å². The minimum atomic E-state index is -0.356. The van der Waals surface area contributed by atoms with E-state index in [2.05, 4.69) is 5.32 Å². The number of benzene rings is 2. The van der Waals surface area contributed by atoms with Gasteiger partial charge in [-0.25, -0.2) is 8.78 Å². The van der Waals surface area contributed by atoms with Crippen LogP contribution in [0, 0.1) is 11.6 Å². The first-order valence-electron chi connectivity index (χ1n) is 6.11. The van der Waals surface area contributed by atoms with E-state index in [1.807, 2.05) is 0 Å². The van der Waals surface area contributed by atoms with E-state index in [0.29, 0.717) is 21.2 Å². The zero-order valence-electron chi connectivity index (χ0n) is 10.9. The van der Waals surface area contributed by atoms with Gasteiger partial charge in [0.05, 0.1) is 0 Å². The normalized spacial score (nSPS) is 12.4. The van der Waals surface area contributed by atoms with Crippen molar-refractivity contribution in [3.63, 3.8) is 0 Å². The fourth-order valence-corrected chi connectivity index (χ4v) is 3.08. The summed E-state index contributed by atoms with van der Waals surface area (Å²) in [5.74, 6) is -0.0920. The van der Waals surface area contributed by atoms with E-state index in [4.69, 9.17) is 11.6 Å². The Morgan fingerprint density at radius 2 is 1.90 bits per heavy atom. The van der Waals surface area contributed by atoms with Gasteiger partial charge in [-0.15, -0.1) is 11.8 Å². The van der Waals surface area contributed by atoms with E-state index in [-0.39, 0.29) is 17.7 Å². The summed E-state index contributed by atoms with van der Waals surface area (Å²) < 4.78 is 27.4. The summed E-state index contributed by atoms with van der Waals surface area (Å²) in [6, 6.07) is 10.9. The van der Waals surface area contributed by atoms with Crippen molar-refractivity contribution in [3.05, 3.63) is 64.7 Å². The molecule has 0 saturated heterocycles. The monoisotopic (exact) mass is 313 g/mol. The Hall–Kier alpha value is -1.10. The highest BCUT2D eigenvalue weighted by Crippen LogP contribution is 2.28. The largest absolute Gasteiger partial charge is 0.312 e. The van der Waals surface area contributed by atoms with Crippen LogP contribution in [0.15, 0.2) is 47.4 Å². The second-order valence-electron chi connectivity index (χ2n) is 4.25. The predicted molar refractivity (Wildman–Crippen MR) is 80.3 cm³/mol. The van der Waals surface area contributed by atoms with E-state index < -0.39 is 0 Å². The summed E-state index contributed by atoms with van der Waals surface area (Å²) in [4.78, 5) is 0.558. The zero-order valence-corrected chi connectivity index (χ0v) is 12.4. The van der Waals surface area contributed by atoms with E-state index in [1.54, 1.807) is 37.4 Å². The summed E-state index contributed by atoms with van der Waals surface area (Å²) in [6.07, 6.45) is 0. The standard InChI is InChI=1S/C15H14ClF2NS/c1-19-14(11-7-6-10(16)8-13(11)18)9-20-15-5-3-2-4-12(15)17/h2-8,14,19H,9H2,1H3. The number of halogens is 3. The topological polar surface area (TPSA) is 12.0 Å². The number of thioether (sulfide) groups is 1. The van der Waals surface area contributed by atoms with E-state index in [0.717, 1.165) is 0 Å². The van der Waals surface area contributed by atoms with Gasteiger partial charge in [0.25, 0.3) is 0 Å². The van der Waals surface area contributed by atoms with Crippen LogP contribution >= 0.6 is 23.4 Å². The summed E-state index contributed by atoms with van der Waals surface area (Å²) >= 11 is 7.09. The van der Waals surface area contributed by atoms with Crippen LogP contribution in [0.5, 0.6) is 0 Å². The first-order chi connectivity index (χ1) is 9.61. The van der Waals surface area contributed by atoms with Crippen LogP contribution in [0.25, 0.3) is 0 Å². The van der Waals surface area contributed by atoms with Gasteiger partial charge >= 0.3 is 0 Å². The maximum Gasteiger partial charge on any atom is 0.136 e. The number of rotatable bonds is 5. The number of hydrogen-bond acceptors (Lipinski definition) is 2. The summed E-state index contributed by atoms with van der Waals surface area (Å²) in [6.45, 7) is 0. The predicted octanol–water partition coefficient (Wildman–Crippen LogP) is 4.67. The molecule has 0 fully saturated rings. The minimum absolute atomic E-state index is 0.211. The molecule has 0 aromatic heterocycles. The smallest absolute Gasteiger partial charge is 0.136 e. The Morgan fingerprint density at radius 1 is 1.15 bits per heavy atom. The molecule has 20 heavy (non-hydrogen) atoms. The Morgan fingerprint density at radius 3 is 2.55 bits per heavy atom. The molecule has 0 radical (unpaired) electrons. The molecule has 2 rings (SSSR count). The Balaban J connectivity index is 2.11. The minimum Gasteiger partial charge on any atom is -0.312 e. The number of hydrogen-bond donors (Lipinski definition) is 1. The SMILES string of the molecule is CNC(CSc1ccccc1F)c1ccc(Cl)cc1F. The van der Waals surface area contributed by atoms with Crippen molar-refractivity contribution in [2.24, 2.45) is 0 Å². The maximum atomic E-state index is 13.9. The molecule has 0 amide bonds. The van der Waals surface area contributed by atoms with Crippen molar-refractivity contribution in [2.75, 3.05) is 12.8 Å². The molecule has 2 aromatic carbocycles. The van der Waals surface area contributed by atoms with E-state index in [9.17, 15) is 8.78 Å². The van der Waals surface area contributed by atoms with Crippen LogP contribution < -0.4 is 5.32 Å². The molecule has 106 valence electrons. The van der Waals surface area contributed by atoms with Crippen LogP contribution in [-0.4, -0.2) is 12.8 Å².